The lowest BCUT2D eigenvalue weighted by Gasteiger charge is -2.30. The molecule has 0 N–H and O–H groups in total. The van der Waals surface area contributed by atoms with Gasteiger partial charge in [0.1, 0.15) is 5.78 Å². The van der Waals surface area contributed by atoms with Gasteiger partial charge in [0.05, 0.1) is 0 Å². The van der Waals surface area contributed by atoms with Gasteiger partial charge in [-0.2, -0.15) is 0 Å². The maximum absolute atomic E-state index is 11.6. The summed E-state index contributed by atoms with van der Waals surface area (Å²) in [6, 6.07) is 8.02. The molecular weight excluding hydrogens is 256 g/mol. The monoisotopic (exact) mass is 280 g/mol. The molecule has 0 aromatic heterocycles. The van der Waals surface area contributed by atoms with Crippen LogP contribution in [-0.4, -0.2) is 5.78 Å². The van der Waals surface area contributed by atoms with Crippen LogP contribution in [0.1, 0.15) is 52.0 Å². The van der Waals surface area contributed by atoms with Crippen LogP contribution < -0.4 is 0 Å². The molecule has 0 bridgehead atoms. The van der Waals surface area contributed by atoms with Gasteiger partial charge in [-0.1, -0.05) is 50.9 Å². The van der Waals surface area contributed by atoms with Crippen molar-refractivity contribution >= 4 is 17.4 Å². The quantitative estimate of drug-likeness (QED) is 0.734. The SMILES string of the molecule is CC.CCC1CCC(=O)CC1Cc1ccc(Cl)cc1. The third-order valence-electron chi connectivity index (χ3n) is 3.89. The van der Waals surface area contributed by atoms with E-state index in [1.807, 2.05) is 26.0 Å². The number of ketones is 1. The van der Waals surface area contributed by atoms with Crippen LogP contribution in [0.4, 0.5) is 0 Å². The Morgan fingerprint density at radius 2 is 1.79 bits per heavy atom. The average Bonchev–Trinajstić information content (AvgIpc) is 2.44. The van der Waals surface area contributed by atoms with E-state index in [1.54, 1.807) is 0 Å². The van der Waals surface area contributed by atoms with Gasteiger partial charge in [0.2, 0.25) is 0 Å². The number of carbonyl (C=O) groups excluding carboxylic acids is 1. The van der Waals surface area contributed by atoms with Gasteiger partial charge in [-0.3, -0.25) is 4.79 Å². The van der Waals surface area contributed by atoms with E-state index in [0.717, 1.165) is 30.7 Å². The fourth-order valence-electron chi connectivity index (χ4n) is 2.84. The van der Waals surface area contributed by atoms with Gasteiger partial charge in [0.25, 0.3) is 0 Å². The highest BCUT2D eigenvalue weighted by Crippen LogP contribution is 2.33. The largest absolute Gasteiger partial charge is 0.300 e. The maximum atomic E-state index is 11.6. The van der Waals surface area contributed by atoms with Crippen molar-refractivity contribution in [2.75, 3.05) is 0 Å². The average molecular weight is 281 g/mol. The van der Waals surface area contributed by atoms with Crippen LogP contribution in [0.2, 0.25) is 5.02 Å². The summed E-state index contributed by atoms with van der Waals surface area (Å²) >= 11 is 5.88. The zero-order valence-corrected chi connectivity index (χ0v) is 13.0. The molecule has 0 amide bonds. The first-order valence-corrected chi connectivity index (χ1v) is 7.83. The lowest BCUT2D eigenvalue weighted by molar-refractivity contribution is -0.122. The van der Waals surface area contributed by atoms with Crippen molar-refractivity contribution in [2.45, 2.75) is 52.9 Å². The van der Waals surface area contributed by atoms with Crippen LogP contribution in [0.15, 0.2) is 24.3 Å². The summed E-state index contributed by atoms with van der Waals surface area (Å²) in [5.74, 6) is 1.68. The first kappa shape index (κ1) is 16.2. The van der Waals surface area contributed by atoms with Crippen molar-refractivity contribution < 1.29 is 4.79 Å². The first-order valence-electron chi connectivity index (χ1n) is 7.45. The molecule has 0 radical (unpaired) electrons. The predicted molar refractivity (Wildman–Crippen MR) is 82.6 cm³/mol. The molecule has 0 aliphatic heterocycles. The Hall–Kier alpha value is -0.820. The van der Waals surface area contributed by atoms with Crippen LogP contribution in [-0.2, 0) is 11.2 Å². The predicted octanol–water partition coefficient (Wildman–Crippen LogP) is 5.30. The fraction of sp³-hybridized carbons (Fsp3) is 0.588. The van der Waals surface area contributed by atoms with Crippen LogP contribution >= 0.6 is 11.6 Å². The van der Waals surface area contributed by atoms with Gasteiger partial charge in [-0.05, 0) is 42.4 Å². The number of Topliss-reactive ketones (excluding diaryl/α,β-unsaturated/α-hetero) is 1. The summed E-state index contributed by atoms with van der Waals surface area (Å²) in [6.45, 7) is 6.23. The Balaban J connectivity index is 0.000000861. The Bertz CT molecular complexity index is 383. The molecule has 1 nitrogen and oxygen atoms in total. The van der Waals surface area contributed by atoms with E-state index in [0.29, 0.717) is 17.6 Å². The van der Waals surface area contributed by atoms with Gasteiger partial charge < -0.3 is 0 Å². The molecular formula is C17H25ClO. The molecule has 0 spiro atoms. The zero-order valence-electron chi connectivity index (χ0n) is 12.3. The molecule has 2 atom stereocenters. The van der Waals surface area contributed by atoms with E-state index >= 15 is 0 Å². The summed E-state index contributed by atoms with van der Waals surface area (Å²) in [6.07, 6.45) is 4.83. The molecule has 2 heteroatoms. The minimum Gasteiger partial charge on any atom is -0.300 e. The standard InChI is InChI=1S/C15H19ClO.C2H6/c1-2-12-5-8-15(17)10-13(12)9-11-3-6-14(16)7-4-11;1-2/h3-4,6-7,12-13H,2,5,8-10H2,1H3;1-2H3. The summed E-state index contributed by atoms with van der Waals surface area (Å²) in [4.78, 5) is 11.6. The van der Waals surface area contributed by atoms with Crippen molar-refractivity contribution in [3.05, 3.63) is 34.9 Å². The van der Waals surface area contributed by atoms with Gasteiger partial charge in [0.15, 0.2) is 0 Å². The summed E-state index contributed by atoms with van der Waals surface area (Å²) < 4.78 is 0. The minimum atomic E-state index is 0.439. The molecule has 0 saturated heterocycles. The van der Waals surface area contributed by atoms with E-state index in [9.17, 15) is 4.79 Å². The van der Waals surface area contributed by atoms with E-state index in [-0.39, 0.29) is 0 Å². The molecule has 1 fully saturated rings. The maximum Gasteiger partial charge on any atom is 0.133 e. The second-order valence-corrected chi connectivity index (χ2v) is 5.48. The summed E-state index contributed by atoms with van der Waals surface area (Å²) in [7, 11) is 0. The Labute approximate surface area is 122 Å². The second kappa shape index (κ2) is 8.37. The molecule has 0 heterocycles. The molecule has 1 aromatic rings. The molecule has 1 aromatic carbocycles. The van der Waals surface area contributed by atoms with Crippen LogP contribution in [0, 0.1) is 11.8 Å². The number of hydrogen-bond donors (Lipinski definition) is 0. The first-order chi connectivity index (χ1) is 9.19. The van der Waals surface area contributed by atoms with Gasteiger partial charge in [-0.15, -0.1) is 0 Å². The molecule has 1 aliphatic rings. The highest BCUT2D eigenvalue weighted by Gasteiger charge is 2.27. The topological polar surface area (TPSA) is 17.1 Å². The zero-order chi connectivity index (χ0) is 14.3. The number of halogens is 1. The molecule has 19 heavy (non-hydrogen) atoms. The molecule has 1 aliphatic carbocycles. The Kier molecular flexibility index (Phi) is 7.15. The van der Waals surface area contributed by atoms with E-state index in [4.69, 9.17) is 11.6 Å². The second-order valence-electron chi connectivity index (χ2n) is 5.04. The number of rotatable bonds is 3. The summed E-state index contributed by atoms with van der Waals surface area (Å²) in [5, 5.41) is 0.778. The third-order valence-corrected chi connectivity index (χ3v) is 4.14. The normalized spacial score (nSPS) is 22.6. The van der Waals surface area contributed by atoms with E-state index < -0.39 is 0 Å². The van der Waals surface area contributed by atoms with Gasteiger partial charge in [0, 0.05) is 17.9 Å². The molecule has 1 saturated carbocycles. The third kappa shape index (κ3) is 4.99. The molecule has 2 unspecified atom stereocenters. The van der Waals surface area contributed by atoms with Crippen molar-refractivity contribution in [2.24, 2.45) is 11.8 Å². The number of hydrogen-bond acceptors (Lipinski definition) is 1. The number of benzene rings is 1. The fourth-order valence-corrected chi connectivity index (χ4v) is 2.97. The lowest BCUT2D eigenvalue weighted by Crippen LogP contribution is -2.26. The molecule has 2 rings (SSSR count). The minimum absolute atomic E-state index is 0.439. The molecule has 106 valence electrons. The van der Waals surface area contributed by atoms with E-state index in [1.165, 1.54) is 12.0 Å². The van der Waals surface area contributed by atoms with Crippen LogP contribution in [0.25, 0.3) is 0 Å². The van der Waals surface area contributed by atoms with Crippen molar-refractivity contribution in [1.82, 2.24) is 0 Å². The van der Waals surface area contributed by atoms with Crippen molar-refractivity contribution in [3.63, 3.8) is 0 Å². The lowest BCUT2D eigenvalue weighted by atomic mass is 9.74. The smallest absolute Gasteiger partial charge is 0.133 e. The Morgan fingerprint density at radius 3 is 2.37 bits per heavy atom. The summed E-state index contributed by atoms with van der Waals surface area (Å²) in [5.41, 5.74) is 1.30. The van der Waals surface area contributed by atoms with Crippen LogP contribution in [0.3, 0.4) is 0 Å². The number of carbonyl (C=O) groups is 1. The highest BCUT2D eigenvalue weighted by atomic mass is 35.5. The van der Waals surface area contributed by atoms with Gasteiger partial charge in [-0.25, -0.2) is 0 Å². The van der Waals surface area contributed by atoms with Crippen LogP contribution in [0.5, 0.6) is 0 Å². The van der Waals surface area contributed by atoms with E-state index in [2.05, 4.69) is 19.1 Å². The van der Waals surface area contributed by atoms with Crippen molar-refractivity contribution in [1.29, 1.82) is 0 Å². The van der Waals surface area contributed by atoms with Gasteiger partial charge >= 0.3 is 0 Å². The van der Waals surface area contributed by atoms with Crippen molar-refractivity contribution in [3.8, 4) is 0 Å². The Morgan fingerprint density at radius 1 is 1.16 bits per heavy atom. The highest BCUT2D eigenvalue weighted by molar-refractivity contribution is 6.30.